The van der Waals surface area contributed by atoms with Crippen LogP contribution in [-0.4, -0.2) is 80.6 Å². The second-order valence-electron chi connectivity index (χ2n) is 7.77. The summed E-state index contributed by atoms with van der Waals surface area (Å²) in [5, 5.41) is 25.4. The normalized spacial score (nSPS) is 14.6. The molecule has 4 atom stereocenters. The van der Waals surface area contributed by atoms with Gasteiger partial charge in [-0.1, -0.05) is 13.8 Å². The fourth-order valence-corrected chi connectivity index (χ4v) is 2.77. The van der Waals surface area contributed by atoms with Gasteiger partial charge in [0.2, 0.25) is 23.6 Å². The van der Waals surface area contributed by atoms with Gasteiger partial charge in [0.05, 0.1) is 19.0 Å². The molecule has 1 aromatic heterocycles. The van der Waals surface area contributed by atoms with Crippen molar-refractivity contribution in [3.05, 3.63) is 18.2 Å². The van der Waals surface area contributed by atoms with Crippen LogP contribution in [0.4, 0.5) is 0 Å². The third kappa shape index (κ3) is 9.24. The Kier molecular flexibility index (Phi) is 10.9. The van der Waals surface area contributed by atoms with Gasteiger partial charge in [0, 0.05) is 24.7 Å². The fraction of sp³-hybridized carbons (Fsp3) is 0.579. The van der Waals surface area contributed by atoms with Crippen molar-refractivity contribution in [2.75, 3.05) is 6.61 Å². The van der Waals surface area contributed by atoms with Gasteiger partial charge >= 0.3 is 5.97 Å². The number of aromatic amines is 1. The molecule has 14 heteroatoms. The van der Waals surface area contributed by atoms with Crippen LogP contribution in [0.1, 0.15) is 32.4 Å². The molecule has 0 spiro atoms. The summed E-state index contributed by atoms with van der Waals surface area (Å²) in [6, 6.07) is -4.96. The molecule has 0 aliphatic rings. The number of carbonyl (C=O) groups excluding carboxylic acids is 4. The van der Waals surface area contributed by atoms with Gasteiger partial charge in [0.15, 0.2) is 0 Å². The Bertz CT molecular complexity index is 828. The first-order chi connectivity index (χ1) is 15.5. The van der Waals surface area contributed by atoms with Crippen LogP contribution in [0.25, 0.3) is 0 Å². The average Bonchev–Trinajstić information content (AvgIpc) is 3.25. The lowest BCUT2D eigenvalue weighted by molar-refractivity contribution is -0.143. The van der Waals surface area contributed by atoms with Gasteiger partial charge in [-0.25, -0.2) is 9.78 Å². The highest BCUT2D eigenvalue weighted by atomic mass is 16.4. The number of hydrogen-bond acceptors (Lipinski definition) is 8. The maximum Gasteiger partial charge on any atom is 0.328 e. The van der Waals surface area contributed by atoms with Crippen LogP contribution in [0.15, 0.2) is 12.5 Å². The minimum atomic E-state index is -1.57. The minimum Gasteiger partial charge on any atom is -0.480 e. The summed E-state index contributed by atoms with van der Waals surface area (Å²) in [7, 11) is 0. The van der Waals surface area contributed by atoms with Crippen molar-refractivity contribution in [1.29, 1.82) is 0 Å². The summed E-state index contributed by atoms with van der Waals surface area (Å²) >= 11 is 0. The molecule has 184 valence electrons. The topological polar surface area (TPSA) is 243 Å². The molecule has 4 unspecified atom stereocenters. The predicted octanol–water partition coefficient (Wildman–Crippen LogP) is -3.27. The van der Waals surface area contributed by atoms with Crippen molar-refractivity contribution >= 4 is 29.6 Å². The average molecular weight is 469 g/mol. The maximum atomic E-state index is 12.9. The van der Waals surface area contributed by atoms with E-state index in [-0.39, 0.29) is 19.3 Å². The fourth-order valence-electron chi connectivity index (χ4n) is 2.77. The van der Waals surface area contributed by atoms with Gasteiger partial charge in [-0.15, -0.1) is 0 Å². The summed E-state index contributed by atoms with van der Waals surface area (Å²) in [6.07, 6.45) is 2.62. The van der Waals surface area contributed by atoms with Crippen LogP contribution in [0.2, 0.25) is 0 Å². The number of hydrogen-bond donors (Lipinski definition) is 8. The molecule has 10 N–H and O–H groups in total. The number of primary amides is 1. The molecule has 0 aliphatic heterocycles. The largest absolute Gasteiger partial charge is 0.480 e. The van der Waals surface area contributed by atoms with Gasteiger partial charge in [-0.3, -0.25) is 19.2 Å². The molecule has 0 fully saturated rings. The summed E-state index contributed by atoms with van der Waals surface area (Å²) in [5.74, 6) is -4.72. The number of aliphatic carboxylic acids is 1. The number of carbonyl (C=O) groups is 5. The van der Waals surface area contributed by atoms with Crippen LogP contribution < -0.4 is 27.4 Å². The molecule has 0 aliphatic carbocycles. The van der Waals surface area contributed by atoms with E-state index >= 15 is 0 Å². The molecule has 1 rings (SSSR count). The number of H-pyrrole nitrogens is 1. The number of aliphatic hydroxyl groups excluding tert-OH is 1. The van der Waals surface area contributed by atoms with E-state index in [1.807, 2.05) is 0 Å². The Labute approximate surface area is 189 Å². The Balaban J connectivity index is 2.96. The number of amides is 4. The van der Waals surface area contributed by atoms with Crippen molar-refractivity contribution < 1.29 is 34.2 Å². The molecule has 0 saturated carbocycles. The Morgan fingerprint density at radius 3 is 2.18 bits per heavy atom. The van der Waals surface area contributed by atoms with Gasteiger partial charge in [0.25, 0.3) is 0 Å². The second kappa shape index (κ2) is 13.1. The number of aliphatic hydroxyl groups is 1. The zero-order valence-electron chi connectivity index (χ0n) is 18.4. The van der Waals surface area contributed by atoms with Crippen LogP contribution in [-0.2, 0) is 30.4 Å². The quantitative estimate of drug-likeness (QED) is 0.136. The van der Waals surface area contributed by atoms with Crippen LogP contribution in [0.5, 0.6) is 0 Å². The van der Waals surface area contributed by atoms with Crippen molar-refractivity contribution in [2.45, 2.75) is 57.3 Å². The number of rotatable bonds is 14. The Hall–Kier alpha value is -3.52. The molecule has 14 nitrogen and oxygen atoms in total. The van der Waals surface area contributed by atoms with E-state index in [0.717, 1.165) is 0 Å². The highest BCUT2D eigenvalue weighted by molar-refractivity contribution is 5.94. The number of nitrogens with one attached hydrogen (secondary N) is 4. The van der Waals surface area contributed by atoms with E-state index in [9.17, 15) is 24.0 Å². The zero-order chi connectivity index (χ0) is 25.1. The van der Waals surface area contributed by atoms with Crippen molar-refractivity contribution in [1.82, 2.24) is 25.9 Å². The molecular weight excluding hydrogens is 438 g/mol. The number of carboxylic acids is 1. The molecule has 1 aromatic rings. The van der Waals surface area contributed by atoms with E-state index in [0.29, 0.717) is 5.69 Å². The SMILES string of the molecule is CC(C)C(NC(=O)C(N)CCC(N)=O)C(=O)NC(Cc1cnc[nH]1)C(=O)NC(CO)C(=O)O. The van der Waals surface area contributed by atoms with E-state index < -0.39 is 66.3 Å². The van der Waals surface area contributed by atoms with E-state index in [1.54, 1.807) is 13.8 Å². The van der Waals surface area contributed by atoms with Crippen molar-refractivity contribution in [2.24, 2.45) is 17.4 Å². The predicted molar refractivity (Wildman–Crippen MR) is 114 cm³/mol. The number of nitrogens with zero attached hydrogens (tertiary/aromatic N) is 1. The molecule has 33 heavy (non-hydrogen) atoms. The highest BCUT2D eigenvalue weighted by Crippen LogP contribution is 2.06. The summed E-state index contributed by atoms with van der Waals surface area (Å²) in [5.41, 5.74) is 11.3. The highest BCUT2D eigenvalue weighted by Gasteiger charge is 2.32. The molecule has 0 bridgehead atoms. The number of aromatic nitrogens is 2. The van der Waals surface area contributed by atoms with Crippen LogP contribution in [0.3, 0.4) is 0 Å². The summed E-state index contributed by atoms with van der Waals surface area (Å²) in [6.45, 7) is 2.48. The zero-order valence-corrected chi connectivity index (χ0v) is 18.4. The van der Waals surface area contributed by atoms with E-state index in [2.05, 4.69) is 25.9 Å². The molecule has 0 saturated heterocycles. The summed E-state index contributed by atoms with van der Waals surface area (Å²) < 4.78 is 0. The number of imidazole rings is 1. The maximum absolute atomic E-state index is 12.9. The number of carboxylic acid groups (broad SMARTS) is 1. The van der Waals surface area contributed by atoms with Gasteiger partial charge in [0.1, 0.15) is 18.1 Å². The molecular formula is C19H31N7O7. The smallest absolute Gasteiger partial charge is 0.328 e. The first-order valence-corrected chi connectivity index (χ1v) is 10.2. The number of nitrogens with two attached hydrogens (primary N) is 2. The van der Waals surface area contributed by atoms with E-state index in [4.69, 9.17) is 21.7 Å². The lowest BCUT2D eigenvalue weighted by Gasteiger charge is -2.26. The van der Waals surface area contributed by atoms with Crippen molar-refractivity contribution in [3.63, 3.8) is 0 Å². The van der Waals surface area contributed by atoms with Crippen molar-refractivity contribution in [3.8, 4) is 0 Å². The first kappa shape index (κ1) is 27.5. The first-order valence-electron chi connectivity index (χ1n) is 10.2. The second-order valence-corrected chi connectivity index (χ2v) is 7.77. The summed E-state index contributed by atoms with van der Waals surface area (Å²) in [4.78, 5) is 66.6. The molecule has 4 amide bonds. The Morgan fingerprint density at radius 1 is 1.06 bits per heavy atom. The third-order valence-electron chi connectivity index (χ3n) is 4.69. The van der Waals surface area contributed by atoms with Crippen LogP contribution in [0, 0.1) is 5.92 Å². The molecule has 0 radical (unpaired) electrons. The van der Waals surface area contributed by atoms with Gasteiger partial charge < -0.3 is 42.6 Å². The monoisotopic (exact) mass is 469 g/mol. The molecule has 0 aromatic carbocycles. The standard InChI is InChI=1S/C19H31N7O7/c1-9(2)15(26-16(29)11(20)3-4-14(21)28)18(31)24-12(5-10-6-22-8-23-10)17(30)25-13(7-27)19(32)33/h6,8-9,11-13,15,27H,3-5,7,20H2,1-2H3,(H2,21,28)(H,22,23)(H,24,31)(H,25,30)(H,26,29)(H,32,33). The minimum absolute atomic E-state index is 0.00378. The van der Waals surface area contributed by atoms with Gasteiger partial charge in [-0.05, 0) is 12.3 Å². The third-order valence-corrected chi connectivity index (χ3v) is 4.69. The van der Waals surface area contributed by atoms with Gasteiger partial charge in [-0.2, -0.15) is 0 Å². The lowest BCUT2D eigenvalue weighted by atomic mass is 10.0. The molecule has 1 heterocycles. The van der Waals surface area contributed by atoms with E-state index in [1.165, 1.54) is 12.5 Å². The van der Waals surface area contributed by atoms with Crippen LogP contribution >= 0.6 is 0 Å². The Morgan fingerprint density at radius 2 is 1.70 bits per heavy atom. The lowest BCUT2D eigenvalue weighted by Crippen LogP contribution is -2.59.